The molecule has 41 heavy (non-hydrogen) atoms. The van der Waals surface area contributed by atoms with E-state index in [-0.39, 0.29) is 5.97 Å². The zero-order valence-electron chi connectivity index (χ0n) is 25.8. The van der Waals surface area contributed by atoms with Crippen molar-refractivity contribution in [1.29, 1.82) is 0 Å². The molecule has 2 aromatic carbocycles. The summed E-state index contributed by atoms with van der Waals surface area (Å²) < 4.78 is 5.73. The number of carbonyl (C=O) groups is 1. The second kappa shape index (κ2) is 18.1. The average molecular weight is 555 g/mol. The summed E-state index contributed by atoms with van der Waals surface area (Å²) in [5.74, 6) is 9.59. The summed E-state index contributed by atoms with van der Waals surface area (Å²) in [5, 5.41) is 0. The van der Waals surface area contributed by atoms with Gasteiger partial charge in [0, 0.05) is 12.0 Å². The van der Waals surface area contributed by atoms with Crippen LogP contribution in [0.15, 0.2) is 48.5 Å². The molecule has 0 radical (unpaired) electrons. The van der Waals surface area contributed by atoms with Gasteiger partial charge in [-0.15, -0.1) is 0 Å². The monoisotopic (exact) mass is 554 g/mol. The van der Waals surface area contributed by atoms with Crippen LogP contribution >= 0.6 is 0 Å². The molecule has 0 spiro atoms. The summed E-state index contributed by atoms with van der Waals surface area (Å²) in [6.45, 7) is 2.29. The van der Waals surface area contributed by atoms with Crippen LogP contribution in [0.1, 0.15) is 158 Å². The van der Waals surface area contributed by atoms with E-state index in [1.807, 2.05) is 24.3 Å². The Morgan fingerprint density at radius 1 is 0.707 bits per heavy atom. The molecule has 2 aromatic rings. The first-order valence-corrected chi connectivity index (χ1v) is 17.1. The Bertz CT molecular complexity index is 1070. The molecule has 2 fully saturated rings. The molecule has 2 saturated carbocycles. The van der Waals surface area contributed by atoms with Crippen molar-refractivity contribution in [2.24, 2.45) is 11.8 Å². The number of rotatable bonds is 15. The molecule has 0 unspecified atom stereocenters. The lowest BCUT2D eigenvalue weighted by Gasteiger charge is -2.29. The topological polar surface area (TPSA) is 26.3 Å². The van der Waals surface area contributed by atoms with Crippen LogP contribution in [-0.4, -0.2) is 5.97 Å². The van der Waals surface area contributed by atoms with E-state index < -0.39 is 0 Å². The van der Waals surface area contributed by atoms with Crippen LogP contribution in [0.4, 0.5) is 0 Å². The number of para-hydroxylation sites is 1. The molecule has 0 aliphatic heterocycles. The molecule has 2 aliphatic rings. The van der Waals surface area contributed by atoms with Gasteiger partial charge in [0.25, 0.3) is 0 Å². The van der Waals surface area contributed by atoms with Crippen molar-refractivity contribution in [2.75, 3.05) is 0 Å². The number of hydrogen-bond acceptors (Lipinski definition) is 2. The number of esters is 1. The van der Waals surface area contributed by atoms with Crippen molar-refractivity contribution < 1.29 is 9.53 Å². The molecule has 0 aromatic heterocycles. The van der Waals surface area contributed by atoms with E-state index in [4.69, 9.17) is 4.74 Å². The largest absolute Gasteiger partial charge is 0.425 e. The lowest BCUT2D eigenvalue weighted by Crippen LogP contribution is -2.13. The predicted octanol–water partition coefficient (Wildman–Crippen LogP) is 11.2. The molecule has 0 heterocycles. The van der Waals surface area contributed by atoms with Crippen molar-refractivity contribution in [1.82, 2.24) is 0 Å². The second-order valence-electron chi connectivity index (χ2n) is 12.9. The molecule has 0 bridgehead atoms. The second-order valence-corrected chi connectivity index (χ2v) is 12.9. The average Bonchev–Trinajstić information content (AvgIpc) is 3.53. The van der Waals surface area contributed by atoms with Gasteiger partial charge in [-0.1, -0.05) is 133 Å². The minimum Gasteiger partial charge on any atom is -0.425 e. The fourth-order valence-corrected chi connectivity index (χ4v) is 6.99. The van der Waals surface area contributed by atoms with Gasteiger partial charge in [0.05, 0.1) is 5.56 Å². The smallest absolute Gasteiger partial charge is 0.311 e. The summed E-state index contributed by atoms with van der Waals surface area (Å²) in [6.07, 6.45) is 26.0. The van der Waals surface area contributed by atoms with Crippen LogP contribution in [0, 0.1) is 23.7 Å². The fraction of sp³-hybridized carbons (Fsp3) is 0.615. The van der Waals surface area contributed by atoms with Crippen LogP contribution in [0.3, 0.4) is 0 Å². The summed E-state index contributed by atoms with van der Waals surface area (Å²) in [4.78, 5) is 12.5. The van der Waals surface area contributed by atoms with Gasteiger partial charge in [0.2, 0.25) is 0 Å². The summed E-state index contributed by atoms with van der Waals surface area (Å²) in [6, 6.07) is 16.5. The summed E-state index contributed by atoms with van der Waals surface area (Å²) >= 11 is 0. The zero-order valence-corrected chi connectivity index (χ0v) is 25.8. The molecule has 0 N–H and O–H groups in total. The van der Waals surface area contributed by atoms with Gasteiger partial charge in [-0.2, -0.15) is 0 Å². The van der Waals surface area contributed by atoms with Crippen LogP contribution in [0.25, 0.3) is 0 Å². The van der Waals surface area contributed by atoms with Gasteiger partial charge in [-0.05, 0) is 79.7 Å². The maximum absolute atomic E-state index is 12.5. The van der Waals surface area contributed by atoms with E-state index in [0.717, 1.165) is 35.8 Å². The highest BCUT2D eigenvalue weighted by molar-refractivity contribution is 5.73. The van der Waals surface area contributed by atoms with E-state index in [1.165, 1.54) is 115 Å². The molecule has 2 nitrogen and oxygen atoms in total. The van der Waals surface area contributed by atoms with E-state index in [2.05, 4.69) is 43.0 Å². The van der Waals surface area contributed by atoms with Crippen molar-refractivity contribution >= 4 is 5.97 Å². The molecule has 4 rings (SSSR count). The van der Waals surface area contributed by atoms with Crippen LogP contribution in [0.2, 0.25) is 0 Å². The third-order valence-corrected chi connectivity index (χ3v) is 9.62. The van der Waals surface area contributed by atoms with Crippen molar-refractivity contribution in [3.05, 3.63) is 65.2 Å². The van der Waals surface area contributed by atoms with E-state index in [1.54, 1.807) is 0 Å². The predicted molar refractivity (Wildman–Crippen MR) is 172 cm³/mol. The lowest BCUT2D eigenvalue weighted by molar-refractivity contribution is -0.134. The standard InChI is InChI=1S/C39H54O2/c1-2-3-4-5-8-16-33-22-27-35(28-23-33)36-29-24-34(25-30-36)26-31-37-19-13-14-20-38(37)41-39(40)21-10-7-6-9-15-32-17-11-12-18-32/h13-14,19-20,24-25,29-30,32-33,35H,2-12,15-18,21-23,27-28H2,1H3. The van der Waals surface area contributed by atoms with E-state index in [9.17, 15) is 4.79 Å². The SMILES string of the molecule is CCCCCCCC1CCC(c2ccc(C#Cc3ccccc3OC(=O)CCCCCCC3CCCC3)cc2)CC1. The number of hydrogen-bond donors (Lipinski definition) is 0. The summed E-state index contributed by atoms with van der Waals surface area (Å²) in [7, 11) is 0. The van der Waals surface area contributed by atoms with E-state index >= 15 is 0 Å². The lowest BCUT2D eigenvalue weighted by atomic mass is 9.77. The van der Waals surface area contributed by atoms with Crippen molar-refractivity contribution in [3.63, 3.8) is 0 Å². The normalized spacial score (nSPS) is 19.0. The highest BCUT2D eigenvalue weighted by atomic mass is 16.5. The molecular formula is C39H54O2. The van der Waals surface area contributed by atoms with Gasteiger partial charge in [-0.3, -0.25) is 4.79 Å². The molecule has 0 saturated heterocycles. The Hall–Kier alpha value is -2.53. The number of unbranched alkanes of at least 4 members (excludes halogenated alkanes) is 7. The molecule has 0 atom stereocenters. The molecule has 222 valence electrons. The first-order chi connectivity index (χ1) is 20.2. The first-order valence-electron chi connectivity index (χ1n) is 17.1. The van der Waals surface area contributed by atoms with E-state index in [0.29, 0.717) is 18.1 Å². The minimum absolute atomic E-state index is 0.148. The quantitative estimate of drug-likeness (QED) is 0.0947. The summed E-state index contributed by atoms with van der Waals surface area (Å²) in [5.41, 5.74) is 3.24. The molecule has 2 heteroatoms. The first kappa shape index (κ1) is 31.4. The Morgan fingerprint density at radius 2 is 1.34 bits per heavy atom. The Morgan fingerprint density at radius 3 is 2.05 bits per heavy atom. The maximum atomic E-state index is 12.5. The Balaban J connectivity index is 1.18. The van der Waals surface area contributed by atoms with Crippen LogP contribution < -0.4 is 4.74 Å². The van der Waals surface area contributed by atoms with Gasteiger partial charge in [-0.25, -0.2) is 0 Å². The van der Waals surface area contributed by atoms with Crippen molar-refractivity contribution in [3.8, 4) is 17.6 Å². The van der Waals surface area contributed by atoms with Gasteiger partial charge < -0.3 is 4.74 Å². The molecule has 2 aliphatic carbocycles. The highest BCUT2D eigenvalue weighted by Crippen LogP contribution is 2.38. The zero-order chi connectivity index (χ0) is 28.5. The Labute approximate surface area is 251 Å². The number of carbonyl (C=O) groups excluding carboxylic acids is 1. The highest BCUT2D eigenvalue weighted by Gasteiger charge is 2.22. The molecule has 0 amide bonds. The third kappa shape index (κ3) is 11.3. The minimum atomic E-state index is -0.148. The van der Waals surface area contributed by atoms with Crippen LogP contribution in [0.5, 0.6) is 5.75 Å². The maximum Gasteiger partial charge on any atom is 0.311 e. The van der Waals surface area contributed by atoms with Gasteiger partial charge >= 0.3 is 5.97 Å². The van der Waals surface area contributed by atoms with Gasteiger partial charge in [0.1, 0.15) is 5.75 Å². The Kier molecular flexibility index (Phi) is 13.9. The van der Waals surface area contributed by atoms with Crippen molar-refractivity contribution in [2.45, 2.75) is 141 Å². The van der Waals surface area contributed by atoms with Crippen LogP contribution in [-0.2, 0) is 4.79 Å². The van der Waals surface area contributed by atoms with Gasteiger partial charge in [0.15, 0.2) is 0 Å². The number of ether oxygens (including phenoxy) is 1. The fourth-order valence-electron chi connectivity index (χ4n) is 6.99. The number of benzene rings is 2. The third-order valence-electron chi connectivity index (χ3n) is 9.62. The molecular weight excluding hydrogens is 500 g/mol.